The second-order valence-corrected chi connectivity index (χ2v) is 7.11. The number of hydrogen-bond donors (Lipinski definition) is 1. The Balaban J connectivity index is 1.68. The predicted molar refractivity (Wildman–Crippen MR) is 83.6 cm³/mol. The minimum absolute atomic E-state index is 0.262. The highest BCUT2D eigenvalue weighted by Gasteiger charge is 2.25. The number of piperidine rings is 1. The predicted octanol–water partition coefficient (Wildman–Crippen LogP) is 2.84. The molecule has 1 aliphatic carbocycles. The van der Waals surface area contributed by atoms with Crippen LogP contribution in [0, 0.1) is 0 Å². The first-order valence-electron chi connectivity index (χ1n) is 7.86. The molecule has 0 atom stereocenters. The van der Waals surface area contributed by atoms with Crippen molar-refractivity contribution in [2.24, 2.45) is 0 Å². The summed E-state index contributed by atoms with van der Waals surface area (Å²) in [4.78, 5) is 17.1. The average molecular weight is 292 g/mol. The van der Waals surface area contributed by atoms with E-state index in [1.165, 1.54) is 42.5 Å². The van der Waals surface area contributed by atoms with Gasteiger partial charge in [0, 0.05) is 24.0 Å². The van der Waals surface area contributed by atoms with Crippen LogP contribution >= 0.6 is 11.3 Å². The van der Waals surface area contributed by atoms with Crippen molar-refractivity contribution in [1.82, 2.24) is 10.2 Å². The molecule has 4 heteroatoms. The molecule has 1 aromatic heterocycles. The van der Waals surface area contributed by atoms with E-state index in [-0.39, 0.29) is 5.91 Å². The number of carbonyl (C=O) groups excluding carboxylic acids is 1. The number of rotatable bonds is 2. The van der Waals surface area contributed by atoms with Gasteiger partial charge in [-0.15, -0.1) is 11.3 Å². The molecule has 20 heavy (non-hydrogen) atoms. The van der Waals surface area contributed by atoms with Crippen LogP contribution in [0.4, 0.5) is 0 Å². The number of thiophene rings is 1. The average Bonchev–Trinajstić information content (AvgIpc) is 2.77. The molecular weight excluding hydrogens is 268 g/mol. The number of nitrogens with one attached hydrogen (secondary N) is 1. The van der Waals surface area contributed by atoms with Crippen molar-refractivity contribution in [2.45, 2.75) is 51.0 Å². The third-order valence-electron chi connectivity index (χ3n) is 4.65. The number of hydrogen-bond acceptors (Lipinski definition) is 3. The van der Waals surface area contributed by atoms with Gasteiger partial charge in [0.1, 0.15) is 0 Å². The van der Waals surface area contributed by atoms with Gasteiger partial charge in [-0.05, 0) is 57.2 Å². The molecule has 1 aromatic rings. The fraction of sp³-hybridized carbons (Fsp3) is 0.688. The number of carbonyl (C=O) groups is 1. The number of fused-ring (bicyclic) bond motifs is 1. The third kappa shape index (κ3) is 2.91. The maximum atomic E-state index is 12.6. The molecule has 1 amide bonds. The lowest BCUT2D eigenvalue weighted by Crippen LogP contribution is -2.43. The van der Waals surface area contributed by atoms with Crippen molar-refractivity contribution in [3.8, 4) is 0 Å². The summed E-state index contributed by atoms with van der Waals surface area (Å²) in [6.07, 6.45) is 8.40. The van der Waals surface area contributed by atoms with Crippen LogP contribution in [0.5, 0.6) is 0 Å². The molecule has 3 rings (SSSR count). The Morgan fingerprint density at radius 2 is 2.00 bits per heavy atom. The molecule has 1 fully saturated rings. The lowest BCUT2D eigenvalue weighted by atomic mass is 10.1. The van der Waals surface area contributed by atoms with Gasteiger partial charge in [-0.3, -0.25) is 4.79 Å². The van der Waals surface area contributed by atoms with E-state index in [4.69, 9.17) is 0 Å². The van der Waals surface area contributed by atoms with E-state index in [9.17, 15) is 4.79 Å². The van der Waals surface area contributed by atoms with Gasteiger partial charge < -0.3 is 10.2 Å². The Morgan fingerprint density at radius 3 is 2.75 bits per heavy atom. The molecule has 3 nitrogen and oxygen atoms in total. The second-order valence-electron chi connectivity index (χ2n) is 5.97. The first kappa shape index (κ1) is 14.1. The monoisotopic (exact) mass is 292 g/mol. The molecule has 1 aliphatic heterocycles. The zero-order valence-corrected chi connectivity index (χ0v) is 13.1. The SMILES string of the molecule is CNC1CCN(C(=O)c2cc3c(s2)CCCCC3)CC1. The number of aryl methyl sites for hydroxylation is 2. The van der Waals surface area contributed by atoms with E-state index < -0.39 is 0 Å². The van der Waals surface area contributed by atoms with Crippen LogP contribution in [-0.4, -0.2) is 37.0 Å². The van der Waals surface area contributed by atoms with Gasteiger partial charge in [-0.2, -0.15) is 0 Å². The standard InChI is InChI=1S/C16H24N2OS/c1-17-13-7-9-18(10-8-13)16(19)15-11-12-5-3-2-4-6-14(12)20-15/h11,13,17H,2-10H2,1H3. The highest BCUT2D eigenvalue weighted by atomic mass is 32.1. The van der Waals surface area contributed by atoms with Crippen LogP contribution in [0.15, 0.2) is 6.07 Å². The fourth-order valence-corrected chi connectivity index (χ4v) is 4.52. The first-order valence-corrected chi connectivity index (χ1v) is 8.67. The largest absolute Gasteiger partial charge is 0.338 e. The molecule has 0 saturated carbocycles. The zero-order chi connectivity index (χ0) is 13.9. The van der Waals surface area contributed by atoms with Crippen LogP contribution in [-0.2, 0) is 12.8 Å². The summed E-state index contributed by atoms with van der Waals surface area (Å²) < 4.78 is 0. The van der Waals surface area contributed by atoms with Crippen molar-refractivity contribution < 1.29 is 4.79 Å². The van der Waals surface area contributed by atoms with Gasteiger partial charge >= 0.3 is 0 Å². The fourth-order valence-electron chi connectivity index (χ4n) is 3.30. The topological polar surface area (TPSA) is 32.3 Å². The van der Waals surface area contributed by atoms with Gasteiger partial charge in [-0.1, -0.05) is 6.42 Å². The summed E-state index contributed by atoms with van der Waals surface area (Å²) in [6.45, 7) is 1.79. The van der Waals surface area contributed by atoms with Crippen molar-refractivity contribution in [3.05, 3.63) is 21.4 Å². The van der Waals surface area contributed by atoms with E-state index in [1.807, 2.05) is 11.9 Å². The molecule has 2 heterocycles. The maximum Gasteiger partial charge on any atom is 0.263 e. The molecule has 1 N–H and O–H groups in total. The number of likely N-dealkylation sites (tertiary alicyclic amines) is 1. The lowest BCUT2D eigenvalue weighted by molar-refractivity contribution is 0.0712. The van der Waals surface area contributed by atoms with E-state index in [0.717, 1.165) is 30.8 Å². The maximum absolute atomic E-state index is 12.6. The van der Waals surface area contributed by atoms with Crippen LogP contribution in [0.25, 0.3) is 0 Å². The highest BCUT2D eigenvalue weighted by molar-refractivity contribution is 7.14. The Morgan fingerprint density at radius 1 is 1.25 bits per heavy atom. The zero-order valence-electron chi connectivity index (χ0n) is 12.3. The molecule has 0 spiro atoms. The molecule has 110 valence electrons. The van der Waals surface area contributed by atoms with Crippen molar-refractivity contribution in [3.63, 3.8) is 0 Å². The normalized spacial score (nSPS) is 20.6. The Bertz CT molecular complexity index is 451. The lowest BCUT2D eigenvalue weighted by Gasteiger charge is -2.31. The summed E-state index contributed by atoms with van der Waals surface area (Å²) >= 11 is 1.75. The summed E-state index contributed by atoms with van der Waals surface area (Å²) in [5.41, 5.74) is 1.45. The van der Waals surface area contributed by atoms with Crippen LogP contribution < -0.4 is 5.32 Å². The quantitative estimate of drug-likeness (QED) is 0.850. The molecule has 0 unspecified atom stereocenters. The summed E-state index contributed by atoms with van der Waals surface area (Å²) in [5.74, 6) is 0.262. The first-order chi connectivity index (χ1) is 9.78. The van der Waals surface area contributed by atoms with E-state index in [1.54, 1.807) is 11.3 Å². The van der Waals surface area contributed by atoms with E-state index in [0.29, 0.717) is 6.04 Å². The van der Waals surface area contributed by atoms with E-state index >= 15 is 0 Å². The highest BCUT2D eigenvalue weighted by Crippen LogP contribution is 2.30. The third-order valence-corrected chi connectivity index (χ3v) is 5.87. The summed E-state index contributed by atoms with van der Waals surface area (Å²) in [6, 6.07) is 2.76. The molecule has 0 radical (unpaired) electrons. The Labute approximate surface area is 125 Å². The Kier molecular flexibility index (Phi) is 4.41. The molecular formula is C16H24N2OS. The number of nitrogens with zero attached hydrogens (tertiary/aromatic N) is 1. The number of amides is 1. The van der Waals surface area contributed by atoms with Crippen LogP contribution in [0.3, 0.4) is 0 Å². The van der Waals surface area contributed by atoms with Gasteiger partial charge in [0.25, 0.3) is 5.91 Å². The second kappa shape index (κ2) is 6.27. The van der Waals surface area contributed by atoms with Crippen LogP contribution in [0.1, 0.15) is 52.2 Å². The van der Waals surface area contributed by atoms with Gasteiger partial charge in [-0.25, -0.2) is 0 Å². The molecule has 2 aliphatic rings. The summed E-state index contributed by atoms with van der Waals surface area (Å²) in [7, 11) is 2.01. The molecule has 0 bridgehead atoms. The van der Waals surface area contributed by atoms with Gasteiger partial charge in [0.2, 0.25) is 0 Å². The smallest absolute Gasteiger partial charge is 0.263 e. The molecule has 1 saturated heterocycles. The molecule has 0 aromatic carbocycles. The van der Waals surface area contributed by atoms with Crippen molar-refractivity contribution >= 4 is 17.2 Å². The van der Waals surface area contributed by atoms with Crippen LogP contribution in [0.2, 0.25) is 0 Å². The van der Waals surface area contributed by atoms with E-state index in [2.05, 4.69) is 11.4 Å². The van der Waals surface area contributed by atoms with Crippen molar-refractivity contribution in [2.75, 3.05) is 20.1 Å². The minimum atomic E-state index is 0.262. The Hall–Kier alpha value is -0.870. The van der Waals surface area contributed by atoms with Gasteiger partial charge in [0.05, 0.1) is 4.88 Å². The van der Waals surface area contributed by atoms with Gasteiger partial charge in [0.15, 0.2) is 0 Å². The summed E-state index contributed by atoms with van der Waals surface area (Å²) in [5, 5.41) is 3.31. The minimum Gasteiger partial charge on any atom is -0.338 e. The van der Waals surface area contributed by atoms with Crippen molar-refractivity contribution in [1.29, 1.82) is 0 Å².